The molecule has 0 saturated heterocycles. The van der Waals surface area contributed by atoms with Crippen LogP contribution >= 0.6 is 34.2 Å². The summed E-state index contributed by atoms with van der Waals surface area (Å²) < 4.78 is 1.33. The highest BCUT2D eigenvalue weighted by Crippen LogP contribution is 2.50. The van der Waals surface area contributed by atoms with Crippen LogP contribution in [0.4, 0.5) is 0 Å². The molecule has 2 aromatic carbocycles. The van der Waals surface area contributed by atoms with Gasteiger partial charge in [0.05, 0.1) is 0 Å². The minimum absolute atomic E-state index is 0.0490. The molecule has 17 heavy (non-hydrogen) atoms. The Bertz CT molecular complexity index is 614. The third-order valence-corrected chi connectivity index (χ3v) is 4.72. The largest absolute Gasteiger partial charge is 0.0843 e. The van der Waals surface area contributed by atoms with Crippen molar-refractivity contribution in [2.45, 2.75) is 19.3 Å². The first-order chi connectivity index (χ1) is 8.01. The van der Waals surface area contributed by atoms with Gasteiger partial charge in [-0.2, -0.15) is 0 Å². The molecule has 0 heterocycles. The average molecular weight is 355 g/mol. The van der Waals surface area contributed by atoms with E-state index in [9.17, 15) is 0 Å². The molecule has 3 rings (SSSR count). The lowest BCUT2D eigenvalue weighted by Crippen LogP contribution is -2.16. The SMILES string of the molecule is CC1(C)c2cc(Cl)ccc2-c2cccc(I)c21. The lowest BCUT2D eigenvalue weighted by Gasteiger charge is -2.22. The molecular weight excluding hydrogens is 343 g/mol. The highest BCUT2D eigenvalue weighted by atomic mass is 127. The zero-order valence-corrected chi connectivity index (χ0v) is 12.6. The molecule has 1 aliphatic carbocycles. The molecule has 0 amide bonds. The number of hydrogen-bond acceptors (Lipinski definition) is 0. The standard InChI is InChI=1S/C15H12ClI/c1-15(2)12-8-9(16)6-7-10(12)11-4-3-5-13(17)14(11)15/h3-8H,1-2H3. The van der Waals surface area contributed by atoms with E-state index in [1.54, 1.807) is 0 Å². The van der Waals surface area contributed by atoms with Gasteiger partial charge in [0.1, 0.15) is 0 Å². The molecule has 0 saturated carbocycles. The highest BCUT2D eigenvalue weighted by Gasteiger charge is 2.36. The quantitative estimate of drug-likeness (QED) is 0.567. The first-order valence-corrected chi connectivity index (χ1v) is 7.07. The molecule has 0 unspecified atom stereocenters. The predicted molar refractivity (Wildman–Crippen MR) is 81.7 cm³/mol. The summed E-state index contributed by atoms with van der Waals surface area (Å²) in [7, 11) is 0. The van der Waals surface area contributed by atoms with E-state index in [1.165, 1.54) is 25.8 Å². The van der Waals surface area contributed by atoms with Crippen molar-refractivity contribution >= 4 is 34.2 Å². The summed E-state index contributed by atoms with van der Waals surface area (Å²) in [5, 5.41) is 0.819. The first kappa shape index (κ1) is 11.5. The molecule has 1 aliphatic rings. The lowest BCUT2D eigenvalue weighted by molar-refractivity contribution is 0.656. The average Bonchev–Trinajstić information content (AvgIpc) is 2.49. The lowest BCUT2D eigenvalue weighted by atomic mass is 9.82. The Balaban J connectivity index is 2.42. The van der Waals surface area contributed by atoms with Crippen LogP contribution in [0.25, 0.3) is 11.1 Å². The topological polar surface area (TPSA) is 0 Å². The molecule has 0 spiro atoms. The molecule has 0 atom stereocenters. The predicted octanol–water partition coefficient (Wildman–Crippen LogP) is 5.25. The van der Waals surface area contributed by atoms with Crippen molar-refractivity contribution in [3.63, 3.8) is 0 Å². The second-order valence-corrected chi connectivity index (χ2v) is 6.58. The molecule has 0 fully saturated rings. The van der Waals surface area contributed by atoms with Crippen LogP contribution in [0.15, 0.2) is 36.4 Å². The van der Waals surface area contributed by atoms with Crippen LogP contribution in [0, 0.1) is 3.57 Å². The van der Waals surface area contributed by atoms with Gasteiger partial charge < -0.3 is 0 Å². The maximum atomic E-state index is 6.13. The number of halogens is 2. The van der Waals surface area contributed by atoms with Crippen LogP contribution < -0.4 is 0 Å². The van der Waals surface area contributed by atoms with Crippen LogP contribution in [0.1, 0.15) is 25.0 Å². The van der Waals surface area contributed by atoms with Crippen LogP contribution in [0.2, 0.25) is 5.02 Å². The van der Waals surface area contributed by atoms with Crippen molar-refractivity contribution in [3.8, 4) is 11.1 Å². The summed E-state index contributed by atoms with van der Waals surface area (Å²) in [6, 6.07) is 12.7. The van der Waals surface area contributed by atoms with E-state index in [0.29, 0.717) is 0 Å². The summed E-state index contributed by atoms with van der Waals surface area (Å²) in [5.74, 6) is 0. The van der Waals surface area contributed by atoms with E-state index >= 15 is 0 Å². The van der Waals surface area contributed by atoms with Gasteiger partial charge in [-0.1, -0.05) is 43.6 Å². The summed E-state index contributed by atoms with van der Waals surface area (Å²) >= 11 is 8.56. The molecule has 86 valence electrons. The van der Waals surface area contributed by atoms with Gasteiger partial charge in [0.15, 0.2) is 0 Å². The van der Waals surface area contributed by atoms with E-state index in [4.69, 9.17) is 11.6 Å². The number of hydrogen-bond donors (Lipinski definition) is 0. The van der Waals surface area contributed by atoms with E-state index in [0.717, 1.165) is 5.02 Å². The molecule has 0 nitrogen and oxygen atoms in total. The normalized spacial score (nSPS) is 15.5. The molecule has 2 heteroatoms. The smallest absolute Gasteiger partial charge is 0.0409 e. The first-order valence-electron chi connectivity index (χ1n) is 5.61. The Morgan fingerprint density at radius 1 is 1.06 bits per heavy atom. The van der Waals surface area contributed by atoms with Gasteiger partial charge >= 0.3 is 0 Å². The molecule has 0 aliphatic heterocycles. The molecule has 0 radical (unpaired) electrons. The Kier molecular flexibility index (Phi) is 2.53. The van der Waals surface area contributed by atoms with Crippen molar-refractivity contribution in [1.29, 1.82) is 0 Å². The fourth-order valence-corrected chi connectivity index (χ4v) is 4.13. The zero-order valence-electron chi connectivity index (χ0n) is 9.72. The molecule has 0 bridgehead atoms. The van der Waals surface area contributed by atoms with Gasteiger partial charge in [0.25, 0.3) is 0 Å². The van der Waals surface area contributed by atoms with Gasteiger partial charge in [0.2, 0.25) is 0 Å². The van der Waals surface area contributed by atoms with Crippen molar-refractivity contribution in [2.75, 3.05) is 0 Å². The third-order valence-electron chi connectivity index (χ3n) is 3.58. The number of fused-ring (bicyclic) bond motifs is 3. The summed E-state index contributed by atoms with van der Waals surface area (Å²) in [6.45, 7) is 4.55. The van der Waals surface area contributed by atoms with Gasteiger partial charge in [-0.25, -0.2) is 0 Å². The minimum Gasteiger partial charge on any atom is -0.0843 e. The van der Waals surface area contributed by atoms with Crippen molar-refractivity contribution in [3.05, 3.63) is 56.1 Å². The van der Waals surface area contributed by atoms with Gasteiger partial charge in [-0.3, -0.25) is 0 Å². The Morgan fingerprint density at radius 3 is 2.59 bits per heavy atom. The molecule has 0 aromatic heterocycles. The molecule has 2 aromatic rings. The van der Waals surface area contributed by atoms with Crippen LogP contribution in [-0.2, 0) is 5.41 Å². The Labute approximate surface area is 120 Å². The monoisotopic (exact) mass is 354 g/mol. The number of rotatable bonds is 0. The summed E-state index contributed by atoms with van der Waals surface area (Å²) in [5.41, 5.74) is 5.50. The Hall–Kier alpha value is -0.540. The van der Waals surface area contributed by atoms with Crippen molar-refractivity contribution in [1.82, 2.24) is 0 Å². The van der Waals surface area contributed by atoms with Crippen LogP contribution in [0.5, 0.6) is 0 Å². The molecular formula is C15H12ClI. The number of benzene rings is 2. The zero-order chi connectivity index (χ0) is 12.2. The van der Waals surface area contributed by atoms with E-state index in [2.05, 4.69) is 66.8 Å². The van der Waals surface area contributed by atoms with Crippen molar-refractivity contribution in [2.24, 2.45) is 0 Å². The minimum atomic E-state index is 0.0490. The van der Waals surface area contributed by atoms with Gasteiger partial charge in [0, 0.05) is 14.0 Å². The Morgan fingerprint density at radius 2 is 1.82 bits per heavy atom. The van der Waals surface area contributed by atoms with E-state index in [-0.39, 0.29) is 5.41 Å². The second-order valence-electron chi connectivity index (χ2n) is 4.98. The van der Waals surface area contributed by atoms with E-state index in [1.807, 2.05) is 6.07 Å². The van der Waals surface area contributed by atoms with Gasteiger partial charge in [-0.05, 0) is 63.0 Å². The van der Waals surface area contributed by atoms with Gasteiger partial charge in [-0.15, -0.1) is 0 Å². The third kappa shape index (κ3) is 1.55. The maximum absolute atomic E-state index is 6.13. The molecule has 0 N–H and O–H groups in total. The van der Waals surface area contributed by atoms with Crippen LogP contribution in [-0.4, -0.2) is 0 Å². The fraction of sp³-hybridized carbons (Fsp3) is 0.200. The van der Waals surface area contributed by atoms with E-state index < -0.39 is 0 Å². The van der Waals surface area contributed by atoms with Crippen molar-refractivity contribution < 1.29 is 0 Å². The maximum Gasteiger partial charge on any atom is 0.0409 e. The fourth-order valence-electron chi connectivity index (χ4n) is 2.79. The summed E-state index contributed by atoms with van der Waals surface area (Å²) in [6.07, 6.45) is 0. The second kappa shape index (κ2) is 3.72. The van der Waals surface area contributed by atoms with Crippen LogP contribution in [0.3, 0.4) is 0 Å². The summed E-state index contributed by atoms with van der Waals surface area (Å²) in [4.78, 5) is 0. The highest BCUT2D eigenvalue weighted by molar-refractivity contribution is 14.1.